The molecule has 8 heteroatoms. The average molecular weight is 212 g/mol. The molecule has 0 aliphatic carbocycles. The molecule has 0 heterocycles. The Hall–Kier alpha value is -2.12. The summed E-state index contributed by atoms with van der Waals surface area (Å²) in [5.74, 6) is -0.148. The van der Waals surface area contributed by atoms with Gasteiger partial charge in [0, 0.05) is 0 Å². The molecule has 0 rings (SSSR count). The van der Waals surface area contributed by atoms with E-state index in [9.17, 15) is 0 Å². The first-order valence-corrected chi connectivity index (χ1v) is 4.22. The molecule has 0 atom stereocenters. The monoisotopic (exact) mass is 212 g/mol. The Balaban J connectivity index is 4.70. The van der Waals surface area contributed by atoms with Gasteiger partial charge in [0.15, 0.2) is 0 Å². The molecule has 15 heavy (non-hydrogen) atoms. The molecular formula is C7H16N8. The maximum Gasteiger partial charge on any atom is 0.211 e. The first-order valence-electron chi connectivity index (χ1n) is 4.22. The second-order valence-corrected chi connectivity index (χ2v) is 2.97. The van der Waals surface area contributed by atoms with E-state index in [1.54, 1.807) is 0 Å². The summed E-state index contributed by atoms with van der Waals surface area (Å²) in [4.78, 5) is 0. The lowest BCUT2D eigenvalue weighted by Gasteiger charge is -2.00. The van der Waals surface area contributed by atoms with Crippen molar-refractivity contribution in [3.8, 4) is 0 Å². The quantitative estimate of drug-likeness (QED) is 0.255. The highest BCUT2D eigenvalue weighted by Gasteiger charge is 2.01. The van der Waals surface area contributed by atoms with E-state index in [4.69, 9.17) is 22.9 Å². The van der Waals surface area contributed by atoms with Crippen molar-refractivity contribution in [1.82, 2.24) is 0 Å². The highest BCUT2D eigenvalue weighted by molar-refractivity contribution is 6.31. The Kier molecular flexibility index (Phi) is 5.45. The standard InChI is InChI=1S/C7H16N8/c1-4(2)5(13-15-7(10)11)3-12-14-6(8)9/h3-4H,1-2H3,(H4,8,9,14)(H4,10,11,15)/b12-3+,13-5-. The summed E-state index contributed by atoms with van der Waals surface area (Å²) < 4.78 is 0. The molecule has 0 aliphatic heterocycles. The number of nitrogens with zero attached hydrogens (tertiary/aromatic N) is 4. The van der Waals surface area contributed by atoms with Crippen LogP contribution in [0.25, 0.3) is 0 Å². The summed E-state index contributed by atoms with van der Waals surface area (Å²) in [6.45, 7) is 3.81. The lowest BCUT2D eigenvalue weighted by molar-refractivity contribution is 0.886. The van der Waals surface area contributed by atoms with Gasteiger partial charge in [-0.15, -0.1) is 10.2 Å². The van der Waals surface area contributed by atoms with Crippen LogP contribution in [-0.4, -0.2) is 23.8 Å². The summed E-state index contributed by atoms with van der Waals surface area (Å²) >= 11 is 0. The van der Waals surface area contributed by atoms with Crippen LogP contribution >= 0.6 is 0 Å². The Morgan fingerprint density at radius 2 is 1.47 bits per heavy atom. The molecule has 8 N–H and O–H groups in total. The SMILES string of the molecule is CC(C)C(/C=N/N=C(N)N)=N\N=C(N)N. The summed E-state index contributed by atoms with van der Waals surface area (Å²) in [6.07, 6.45) is 1.39. The van der Waals surface area contributed by atoms with Crippen LogP contribution in [0.3, 0.4) is 0 Å². The molecular weight excluding hydrogens is 196 g/mol. The predicted octanol–water partition coefficient (Wildman–Crippen LogP) is -1.47. The van der Waals surface area contributed by atoms with Gasteiger partial charge in [-0.2, -0.15) is 10.2 Å². The summed E-state index contributed by atoms with van der Waals surface area (Å²) in [7, 11) is 0. The van der Waals surface area contributed by atoms with Crippen LogP contribution in [-0.2, 0) is 0 Å². The lowest BCUT2D eigenvalue weighted by Crippen LogP contribution is -2.23. The molecule has 0 bridgehead atoms. The highest BCUT2D eigenvalue weighted by atomic mass is 15.3. The molecule has 0 unspecified atom stereocenters. The fourth-order valence-corrected chi connectivity index (χ4v) is 0.561. The van der Waals surface area contributed by atoms with Crippen LogP contribution in [0, 0.1) is 5.92 Å². The summed E-state index contributed by atoms with van der Waals surface area (Å²) in [5, 5.41) is 14.3. The topological polar surface area (TPSA) is 154 Å². The maximum atomic E-state index is 5.13. The van der Waals surface area contributed by atoms with Crippen molar-refractivity contribution in [3.05, 3.63) is 0 Å². The zero-order valence-corrected chi connectivity index (χ0v) is 8.75. The second kappa shape index (κ2) is 6.35. The van der Waals surface area contributed by atoms with Gasteiger partial charge in [-0.3, -0.25) is 0 Å². The largest absolute Gasteiger partial charge is 0.369 e. The number of hydrogen-bond acceptors (Lipinski definition) is 4. The van der Waals surface area contributed by atoms with Gasteiger partial charge in [-0.25, -0.2) is 0 Å². The Morgan fingerprint density at radius 1 is 0.933 bits per heavy atom. The van der Waals surface area contributed by atoms with Gasteiger partial charge in [0.1, 0.15) is 0 Å². The fraction of sp³-hybridized carbons (Fsp3) is 0.429. The Bertz CT molecular complexity index is 303. The van der Waals surface area contributed by atoms with Crippen molar-refractivity contribution < 1.29 is 0 Å². The van der Waals surface area contributed by atoms with Crippen molar-refractivity contribution in [3.63, 3.8) is 0 Å². The van der Waals surface area contributed by atoms with Crippen LogP contribution in [0.15, 0.2) is 20.4 Å². The zero-order chi connectivity index (χ0) is 11.8. The number of rotatable bonds is 4. The third kappa shape index (κ3) is 6.99. The smallest absolute Gasteiger partial charge is 0.211 e. The molecule has 0 aromatic heterocycles. The number of guanidine groups is 2. The molecule has 0 aromatic carbocycles. The lowest BCUT2D eigenvalue weighted by atomic mass is 10.1. The van der Waals surface area contributed by atoms with Crippen molar-refractivity contribution in [2.24, 2.45) is 49.3 Å². The third-order valence-electron chi connectivity index (χ3n) is 1.24. The molecule has 0 aromatic rings. The van der Waals surface area contributed by atoms with E-state index in [0.717, 1.165) is 0 Å². The van der Waals surface area contributed by atoms with Gasteiger partial charge < -0.3 is 22.9 Å². The molecule has 0 fully saturated rings. The van der Waals surface area contributed by atoms with Crippen molar-refractivity contribution in [1.29, 1.82) is 0 Å². The van der Waals surface area contributed by atoms with Crippen molar-refractivity contribution in [2.75, 3.05) is 0 Å². The van der Waals surface area contributed by atoms with E-state index in [1.165, 1.54) is 6.21 Å². The first kappa shape index (κ1) is 12.9. The van der Waals surface area contributed by atoms with Gasteiger partial charge in [-0.05, 0) is 5.92 Å². The number of hydrogen-bond donors (Lipinski definition) is 4. The van der Waals surface area contributed by atoms with E-state index < -0.39 is 0 Å². The maximum absolute atomic E-state index is 5.13. The highest BCUT2D eigenvalue weighted by Crippen LogP contribution is 1.95. The number of nitrogens with two attached hydrogens (primary N) is 4. The van der Waals surface area contributed by atoms with E-state index in [0.29, 0.717) is 5.71 Å². The average Bonchev–Trinajstić information content (AvgIpc) is 2.09. The molecule has 0 radical (unpaired) electrons. The molecule has 84 valence electrons. The van der Waals surface area contributed by atoms with E-state index in [-0.39, 0.29) is 17.8 Å². The van der Waals surface area contributed by atoms with Gasteiger partial charge in [-0.1, -0.05) is 13.8 Å². The van der Waals surface area contributed by atoms with E-state index in [2.05, 4.69) is 20.4 Å². The molecule has 0 spiro atoms. The minimum Gasteiger partial charge on any atom is -0.369 e. The van der Waals surface area contributed by atoms with Gasteiger partial charge in [0.25, 0.3) is 0 Å². The summed E-state index contributed by atoms with van der Waals surface area (Å²) in [5.41, 5.74) is 21.0. The predicted molar refractivity (Wildman–Crippen MR) is 62.4 cm³/mol. The van der Waals surface area contributed by atoms with Crippen LogP contribution in [0.1, 0.15) is 13.8 Å². The molecule has 0 saturated carbocycles. The van der Waals surface area contributed by atoms with Gasteiger partial charge in [0.2, 0.25) is 11.9 Å². The van der Waals surface area contributed by atoms with E-state index in [1.807, 2.05) is 13.8 Å². The Labute approximate surface area is 87.8 Å². The third-order valence-corrected chi connectivity index (χ3v) is 1.24. The van der Waals surface area contributed by atoms with E-state index >= 15 is 0 Å². The van der Waals surface area contributed by atoms with Crippen molar-refractivity contribution >= 4 is 23.8 Å². The Morgan fingerprint density at radius 3 is 1.87 bits per heavy atom. The molecule has 0 aliphatic rings. The molecule has 0 saturated heterocycles. The van der Waals surface area contributed by atoms with Crippen LogP contribution in [0.4, 0.5) is 0 Å². The van der Waals surface area contributed by atoms with Crippen molar-refractivity contribution in [2.45, 2.75) is 13.8 Å². The fourth-order valence-electron chi connectivity index (χ4n) is 0.561. The minimum atomic E-state index is -0.129. The van der Waals surface area contributed by atoms with Gasteiger partial charge in [0.05, 0.1) is 11.9 Å². The molecule has 8 nitrogen and oxygen atoms in total. The minimum absolute atomic E-state index is 0.103. The van der Waals surface area contributed by atoms with Crippen LogP contribution in [0.5, 0.6) is 0 Å². The zero-order valence-electron chi connectivity index (χ0n) is 8.75. The van der Waals surface area contributed by atoms with Crippen LogP contribution in [0.2, 0.25) is 0 Å². The summed E-state index contributed by atoms with van der Waals surface area (Å²) in [6, 6.07) is 0. The first-order chi connectivity index (χ1) is 6.93. The second-order valence-electron chi connectivity index (χ2n) is 2.97. The van der Waals surface area contributed by atoms with Crippen LogP contribution < -0.4 is 22.9 Å². The molecule has 0 amide bonds. The van der Waals surface area contributed by atoms with Gasteiger partial charge >= 0.3 is 0 Å². The normalized spacial score (nSPS) is 11.8.